The highest BCUT2D eigenvalue weighted by atomic mass is 32.1. The molecule has 0 amide bonds. The smallest absolute Gasteiger partial charge is 0.160 e. The van der Waals surface area contributed by atoms with Crippen molar-refractivity contribution in [1.82, 2.24) is 4.90 Å². The number of nitrogens with zero attached hydrogens (tertiary/aromatic N) is 1. The molecular formula is C12H16NOS. The van der Waals surface area contributed by atoms with Gasteiger partial charge in [0, 0.05) is 24.5 Å². The van der Waals surface area contributed by atoms with E-state index in [1.807, 2.05) is 6.07 Å². The Bertz CT molecular complexity index is 357. The zero-order chi connectivity index (χ0) is 10.8. The van der Waals surface area contributed by atoms with Crippen molar-refractivity contribution >= 4 is 17.6 Å². The monoisotopic (exact) mass is 222 g/mol. The normalized spacial score (nSPS) is 16.7. The van der Waals surface area contributed by atoms with Crippen LogP contribution >= 0.6 is 11.3 Å². The van der Waals surface area contributed by atoms with Crippen LogP contribution in [0.15, 0.2) is 6.07 Å². The van der Waals surface area contributed by atoms with E-state index in [1.165, 1.54) is 16.4 Å². The highest BCUT2D eigenvalue weighted by Gasteiger charge is 2.19. The average molecular weight is 222 g/mol. The van der Waals surface area contributed by atoms with E-state index in [9.17, 15) is 4.79 Å². The fourth-order valence-electron chi connectivity index (χ4n) is 2.05. The Morgan fingerprint density at radius 3 is 3.07 bits per heavy atom. The summed E-state index contributed by atoms with van der Waals surface area (Å²) in [6, 6.07) is 2.05. The quantitative estimate of drug-likeness (QED) is 0.732. The van der Waals surface area contributed by atoms with Gasteiger partial charge in [-0.15, -0.1) is 11.3 Å². The second-order valence-corrected chi connectivity index (χ2v) is 5.55. The molecule has 0 unspecified atom stereocenters. The Morgan fingerprint density at radius 2 is 2.40 bits per heavy atom. The van der Waals surface area contributed by atoms with Gasteiger partial charge in [-0.05, 0) is 24.0 Å². The van der Waals surface area contributed by atoms with Gasteiger partial charge in [0.25, 0.3) is 0 Å². The van der Waals surface area contributed by atoms with Crippen LogP contribution in [0, 0.1) is 5.92 Å². The summed E-state index contributed by atoms with van der Waals surface area (Å²) in [7, 11) is 0. The minimum atomic E-state index is 0.874. The number of hydrogen-bond acceptors (Lipinski definition) is 3. The number of aldehydes is 1. The molecule has 1 aliphatic rings. The predicted octanol–water partition coefficient (Wildman–Crippen LogP) is 2.53. The van der Waals surface area contributed by atoms with Gasteiger partial charge in [-0.3, -0.25) is 9.69 Å². The maximum absolute atomic E-state index is 10.7. The third-order valence-corrected chi connectivity index (χ3v) is 3.78. The molecular weight excluding hydrogens is 206 g/mol. The fraction of sp³-hybridized carbons (Fsp3) is 0.500. The summed E-state index contributed by atoms with van der Waals surface area (Å²) in [5.74, 6) is 1.45. The first-order valence-electron chi connectivity index (χ1n) is 5.27. The van der Waals surface area contributed by atoms with Crippen molar-refractivity contribution in [2.45, 2.75) is 26.8 Å². The fourth-order valence-corrected chi connectivity index (χ4v) is 3.04. The van der Waals surface area contributed by atoms with Gasteiger partial charge in [-0.2, -0.15) is 0 Å². The summed E-state index contributed by atoms with van der Waals surface area (Å²) < 4.78 is 0. The van der Waals surface area contributed by atoms with Crippen molar-refractivity contribution in [3.8, 4) is 0 Å². The summed E-state index contributed by atoms with van der Waals surface area (Å²) >= 11 is 1.65. The Labute approximate surface area is 94.9 Å². The van der Waals surface area contributed by atoms with Gasteiger partial charge in [-0.1, -0.05) is 13.8 Å². The molecule has 1 radical (unpaired) electrons. The SMILES string of the molecule is C[C](C)CN1CCc2sc(C=O)cc2C1. The van der Waals surface area contributed by atoms with Crippen LogP contribution in [0.1, 0.15) is 34.0 Å². The summed E-state index contributed by atoms with van der Waals surface area (Å²) in [5, 5.41) is 0. The molecule has 2 rings (SSSR count). The molecule has 0 fully saturated rings. The van der Waals surface area contributed by atoms with Crippen molar-refractivity contribution in [2.24, 2.45) is 0 Å². The molecule has 0 spiro atoms. The Balaban J connectivity index is 2.08. The first-order chi connectivity index (χ1) is 7.19. The van der Waals surface area contributed by atoms with Crippen LogP contribution in [0.4, 0.5) is 0 Å². The minimum Gasteiger partial charge on any atom is -0.298 e. The van der Waals surface area contributed by atoms with Gasteiger partial charge in [0.2, 0.25) is 0 Å². The van der Waals surface area contributed by atoms with E-state index in [1.54, 1.807) is 11.3 Å². The van der Waals surface area contributed by atoms with E-state index in [-0.39, 0.29) is 0 Å². The van der Waals surface area contributed by atoms with Gasteiger partial charge in [-0.25, -0.2) is 0 Å². The van der Waals surface area contributed by atoms with Gasteiger partial charge in [0.05, 0.1) is 4.88 Å². The average Bonchev–Trinajstić information content (AvgIpc) is 2.58. The number of fused-ring (bicyclic) bond motifs is 1. The molecule has 0 aromatic carbocycles. The van der Waals surface area contributed by atoms with Crippen molar-refractivity contribution in [3.05, 3.63) is 27.3 Å². The zero-order valence-corrected chi connectivity index (χ0v) is 10.1. The Morgan fingerprint density at radius 1 is 1.60 bits per heavy atom. The maximum atomic E-state index is 10.7. The maximum Gasteiger partial charge on any atom is 0.160 e. The lowest BCUT2D eigenvalue weighted by Gasteiger charge is -2.27. The molecule has 15 heavy (non-hydrogen) atoms. The summed E-state index contributed by atoms with van der Waals surface area (Å²) in [6.45, 7) is 7.54. The van der Waals surface area contributed by atoms with Crippen LogP contribution < -0.4 is 0 Å². The molecule has 81 valence electrons. The molecule has 2 heterocycles. The molecule has 1 aromatic rings. The zero-order valence-electron chi connectivity index (χ0n) is 9.25. The summed E-state index contributed by atoms with van der Waals surface area (Å²) in [6.07, 6.45) is 2.06. The van der Waals surface area contributed by atoms with Gasteiger partial charge >= 0.3 is 0 Å². The van der Waals surface area contributed by atoms with Crippen LogP contribution in [0.25, 0.3) is 0 Å². The van der Waals surface area contributed by atoms with Gasteiger partial charge < -0.3 is 0 Å². The third-order valence-electron chi connectivity index (χ3n) is 2.62. The number of carbonyl (C=O) groups excluding carboxylic acids is 1. The molecule has 0 saturated heterocycles. The second kappa shape index (κ2) is 4.45. The molecule has 0 bridgehead atoms. The van der Waals surface area contributed by atoms with Crippen LogP contribution in [-0.4, -0.2) is 24.3 Å². The van der Waals surface area contributed by atoms with E-state index in [2.05, 4.69) is 18.7 Å². The Hall–Kier alpha value is -0.670. The lowest BCUT2D eigenvalue weighted by molar-refractivity contribution is 0.112. The standard InChI is InChI=1S/C12H16NOS/c1-9(2)6-13-4-3-12-10(7-13)5-11(8-14)15-12/h5,8H,3-4,6-7H2,1-2H3. The highest BCUT2D eigenvalue weighted by Crippen LogP contribution is 2.27. The summed E-state index contributed by atoms with van der Waals surface area (Å²) in [4.78, 5) is 15.4. The molecule has 0 saturated carbocycles. The molecule has 0 N–H and O–H groups in total. The van der Waals surface area contributed by atoms with E-state index in [4.69, 9.17) is 0 Å². The number of thiophene rings is 1. The molecule has 1 aliphatic heterocycles. The van der Waals surface area contributed by atoms with Crippen LogP contribution in [0.5, 0.6) is 0 Å². The van der Waals surface area contributed by atoms with Crippen molar-refractivity contribution in [1.29, 1.82) is 0 Å². The Kier molecular flexibility index (Phi) is 3.22. The highest BCUT2D eigenvalue weighted by molar-refractivity contribution is 7.13. The first kappa shape index (κ1) is 10.8. The topological polar surface area (TPSA) is 20.3 Å². The van der Waals surface area contributed by atoms with Gasteiger partial charge in [0.15, 0.2) is 6.29 Å². The number of rotatable bonds is 3. The van der Waals surface area contributed by atoms with E-state index >= 15 is 0 Å². The van der Waals surface area contributed by atoms with E-state index < -0.39 is 0 Å². The summed E-state index contributed by atoms with van der Waals surface area (Å²) in [5.41, 5.74) is 1.36. The third kappa shape index (κ3) is 2.47. The molecule has 0 aliphatic carbocycles. The second-order valence-electron chi connectivity index (χ2n) is 4.38. The number of hydrogen-bond donors (Lipinski definition) is 0. The molecule has 3 heteroatoms. The number of carbonyl (C=O) groups is 1. The van der Waals surface area contributed by atoms with E-state index in [0.29, 0.717) is 0 Å². The first-order valence-corrected chi connectivity index (χ1v) is 6.09. The molecule has 1 aromatic heterocycles. The minimum absolute atomic E-state index is 0.874. The van der Waals surface area contributed by atoms with Crippen molar-refractivity contribution in [2.75, 3.05) is 13.1 Å². The van der Waals surface area contributed by atoms with Crippen LogP contribution in [-0.2, 0) is 13.0 Å². The largest absolute Gasteiger partial charge is 0.298 e. The van der Waals surface area contributed by atoms with Crippen LogP contribution in [0.3, 0.4) is 0 Å². The predicted molar refractivity (Wildman–Crippen MR) is 63.3 cm³/mol. The molecule has 2 nitrogen and oxygen atoms in total. The van der Waals surface area contributed by atoms with Crippen molar-refractivity contribution < 1.29 is 4.79 Å². The molecule has 0 atom stereocenters. The van der Waals surface area contributed by atoms with Crippen molar-refractivity contribution in [3.63, 3.8) is 0 Å². The lowest BCUT2D eigenvalue weighted by atomic mass is 10.1. The van der Waals surface area contributed by atoms with Crippen LogP contribution in [0.2, 0.25) is 0 Å². The lowest BCUT2D eigenvalue weighted by Crippen LogP contribution is -2.32. The van der Waals surface area contributed by atoms with Gasteiger partial charge in [0.1, 0.15) is 0 Å². The van der Waals surface area contributed by atoms with E-state index in [0.717, 1.165) is 37.2 Å².